The number of hydrogen-bond acceptors (Lipinski definition) is 6. The number of nitrogens with one attached hydrogen (secondary N) is 1. The van der Waals surface area contributed by atoms with Gasteiger partial charge in [0.15, 0.2) is 5.03 Å². The fourth-order valence-corrected chi connectivity index (χ4v) is 3.60. The van der Waals surface area contributed by atoms with Gasteiger partial charge in [-0.1, -0.05) is 31.2 Å². The maximum Gasteiger partial charge on any atom is 0.346 e. The number of aromatic nitrogens is 3. The minimum atomic E-state index is -0.514. The van der Waals surface area contributed by atoms with E-state index in [1.54, 1.807) is 0 Å². The van der Waals surface area contributed by atoms with Crippen molar-refractivity contribution in [3.8, 4) is 0 Å². The van der Waals surface area contributed by atoms with Crippen molar-refractivity contribution in [1.82, 2.24) is 19.8 Å². The molecule has 25 heavy (non-hydrogen) atoms. The maximum atomic E-state index is 12.0. The number of rotatable bonds is 4. The highest BCUT2D eigenvalue weighted by atomic mass is 32.2. The van der Waals surface area contributed by atoms with Crippen molar-refractivity contribution in [2.75, 3.05) is 5.75 Å². The van der Waals surface area contributed by atoms with E-state index in [4.69, 9.17) is 0 Å². The molecule has 1 amide bonds. The summed E-state index contributed by atoms with van der Waals surface area (Å²) in [7, 11) is 2.83. The molecule has 0 atom stereocenters. The zero-order valence-electron chi connectivity index (χ0n) is 15.1. The molecule has 1 aliphatic carbocycles. The number of amides is 1. The number of thioether (sulfide) groups is 1. The van der Waals surface area contributed by atoms with Crippen LogP contribution in [0.4, 0.5) is 0 Å². The molecular weight excluding hydrogens is 342 g/mol. The maximum absolute atomic E-state index is 12.0. The van der Waals surface area contributed by atoms with Crippen LogP contribution in [-0.4, -0.2) is 31.7 Å². The van der Waals surface area contributed by atoms with Crippen molar-refractivity contribution < 1.29 is 4.79 Å². The van der Waals surface area contributed by atoms with Gasteiger partial charge in [-0.25, -0.2) is 14.9 Å². The van der Waals surface area contributed by atoms with E-state index in [2.05, 4.69) is 36.4 Å². The van der Waals surface area contributed by atoms with Crippen LogP contribution in [0.5, 0.6) is 0 Å². The first-order valence-electron chi connectivity index (χ1n) is 7.89. The minimum absolute atomic E-state index is 0.0106. The summed E-state index contributed by atoms with van der Waals surface area (Å²) in [6.45, 7) is 6.38. The lowest BCUT2D eigenvalue weighted by Gasteiger charge is -2.29. The number of aryl methyl sites for hydroxylation is 1. The van der Waals surface area contributed by atoms with Crippen LogP contribution in [0.3, 0.4) is 0 Å². The Morgan fingerprint density at radius 3 is 2.68 bits per heavy atom. The fraction of sp³-hybridized carbons (Fsp3) is 0.562. The van der Waals surface area contributed by atoms with Gasteiger partial charge in [-0.05, 0) is 31.3 Å². The molecule has 0 aliphatic heterocycles. The number of hydrogen-bond donors (Lipinski definition) is 1. The normalized spacial score (nSPS) is 18.1. The third-order valence-electron chi connectivity index (χ3n) is 3.79. The SMILES string of the molecule is CC1=C/C(=N/NC(=O)CSc2nn(C)c(=O)n(C)c2=O)CC(C)(C)C1. The van der Waals surface area contributed by atoms with Gasteiger partial charge in [-0.2, -0.15) is 10.2 Å². The molecule has 0 saturated heterocycles. The summed E-state index contributed by atoms with van der Waals surface area (Å²) >= 11 is 0.978. The topological polar surface area (TPSA) is 98.3 Å². The third kappa shape index (κ3) is 4.91. The molecule has 0 bridgehead atoms. The lowest BCUT2D eigenvalue weighted by atomic mass is 9.77. The number of hydrazone groups is 1. The second kappa shape index (κ2) is 7.38. The highest BCUT2D eigenvalue weighted by molar-refractivity contribution is 7.99. The predicted molar refractivity (Wildman–Crippen MR) is 97.8 cm³/mol. The van der Waals surface area contributed by atoms with E-state index in [0.29, 0.717) is 0 Å². The molecule has 136 valence electrons. The standard InChI is InChI=1S/C16H23N5O3S/c1-10-6-11(8-16(2,3)7-10)17-18-12(22)9-25-13-14(23)20(4)15(24)21(5)19-13/h6H,7-9H2,1-5H3,(H,18,22)/b17-11-. The molecule has 2 rings (SSSR count). The average molecular weight is 365 g/mol. The number of nitrogens with zero attached hydrogens (tertiary/aromatic N) is 4. The van der Waals surface area contributed by atoms with E-state index < -0.39 is 11.2 Å². The van der Waals surface area contributed by atoms with Crippen molar-refractivity contribution in [3.05, 3.63) is 32.5 Å². The first-order valence-corrected chi connectivity index (χ1v) is 8.87. The van der Waals surface area contributed by atoms with Crippen LogP contribution < -0.4 is 16.7 Å². The fourth-order valence-electron chi connectivity index (χ4n) is 2.83. The molecule has 0 unspecified atom stereocenters. The monoisotopic (exact) mass is 365 g/mol. The molecule has 1 aliphatic rings. The Hall–Kier alpha value is -2.16. The highest BCUT2D eigenvalue weighted by Crippen LogP contribution is 2.33. The molecule has 0 spiro atoms. The quantitative estimate of drug-likeness (QED) is 0.629. The van der Waals surface area contributed by atoms with Gasteiger partial charge in [-0.15, -0.1) is 0 Å². The first kappa shape index (κ1) is 19.2. The van der Waals surface area contributed by atoms with Gasteiger partial charge >= 0.3 is 5.69 Å². The Balaban J connectivity index is 2.01. The van der Waals surface area contributed by atoms with Crippen LogP contribution >= 0.6 is 11.8 Å². The summed E-state index contributed by atoms with van der Waals surface area (Å²) in [5.74, 6) is -0.340. The van der Waals surface area contributed by atoms with Gasteiger partial charge < -0.3 is 0 Å². The molecule has 9 heteroatoms. The van der Waals surface area contributed by atoms with Gasteiger partial charge in [0.1, 0.15) is 0 Å². The van der Waals surface area contributed by atoms with Crippen LogP contribution in [-0.2, 0) is 18.9 Å². The second-order valence-corrected chi connectivity index (χ2v) is 7.97. The lowest BCUT2D eigenvalue weighted by molar-refractivity contribution is -0.118. The van der Waals surface area contributed by atoms with E-state index in [-0.39, 0.29) is 22.1 Å². The van der Waals surface area contributed by atoms with E-state index in [1.807, 2.05) is 6.08 Å². The summed E-state index contributed by atoms with van der Waals surface area (Å²) in [5, 5.41) is 8.17. The zero-order valence-corrected chi connectivity index (χ0v) is 15.9. The lowest BCUT2D eigenvalue weighted by Crippen LogP contribution is -2.39. The smallest absolute Gasteiger partial charge is 0.272 e. The minimum Gasteiger partial charge on any atom is -0.272 e. The summed E-state index contributed by atoms with van der Waals surface area (Å²) in [6.07, 6.45) is 3.79. The van der Waals surface area contributed by atoms with E-state index in [1.165, 1.54) is 19.7 Å². The van der Waals surface area contributed by atoms with Crippen molar-refractivity contribution in [2.45, 2.75) is 38.6 Å². The van der Waals surface area contributed by atoms with Crippen LogP contribution in [0.25, 0.3) is 0 Å². The molecule has 1 N–H and O–H groups in total. The van der Waals surface area contributed by atoms with Crippen molar-refractivity contribution in [1.29, 1.82) is 0 Å². The highest BCUT2D eigenvalue weighted by Gasteiger charge is 2.24. The molecule has 8 nitrogen and oxygen atoms in total. The van der Waals surface area contributed by atoms with E-state index in [9.17, 15) is 14.4 Å². The van der Waals surface area contributed by atoms with E-state index >= 15 is 0 Å². The molecule has 1 aromatic rings. The molecular formula is C16H23N5O3S. The summed E-state index contributed by atoms with van der Waals surface area (Å²) in [5.41, 5.74) is 3.69. The number of allylic oxidation sites excluding steroid dienone is 2. The van der Waals surface area contributed by atoms with Crippen molar-refractivity contribution >= 4 is 23.4 Å². The number of carbonyl (C=O) groups is 1. The largest absolute Gasteiger partial charge is 0.346 e. The summed E-state index contributed by atoms with van der Waals surface area (Å²) in [6, 6.07) is 0. The Bertz CT molecular complexity index is 864. The first-order chi connectivity index (χ1) is 11.6. The number of carbonyl (C=O) groups excluding carboxylic acids is 1. The van der Waals surface area contributed by atoms with Crippen LogP contribution in [0.1, 0.15) is 33.6 Å². The Kier molecular flexibility index (Phi) is 5.66. The van der Waals surface area contributed by atoms with E-state index in [0.717, 1.165) is 39.6 Å². The molecule has 0 radical (unpaired) electrons. The molecule has 0 fully saturated rings. The molecule has 1 aromatic heterocycles. The Morgan fingerprint density at radius 1 is 1.36 bits per heavy atom. The van der Waals surface area contributed by atoms with Crippen molar-refractivity contribution in [3.63, 3.8) is 0 Å². The van der Waals surface area contributed by atoms with Gasteiger partial charge in [0.05, 0.1) is 11.5 Å². The Morgan fingerprint density at radius 2 is 2.04 bits per heavy atom. The van der Waals surface area contributed by atoms with Gasteiger partial charge in [0.25, 0.3) is 5.56 Å². The summed E-state index contributed by atoms with van der Waals surface area (Å²) in [4.78, 5) is 35.5. The third-order valence-corrected chi connectivity index (χ3v) is 4.72. The van der Waals surface area contributed by atoms with Crippen LogP contribution in [0.2, 0.25) is 0 Å². The van der Waals surface area contributed by atoms with Crippen molar-refractivity contribution in [2.24, 2.45) is 24.6 Å². The predicted octanol–water partition coefficient (Wildman–Crippen LogP) is 0.810. The van der Waals surface area contributed by atoms with Gasteiger partial charge in [0.2, 0.25) is 5.91 Å². The second-order valence-electron chi connectivity index (χ2n) is 7.01. The molecule has 0 aromatic carbocycles. The average Bonchev–Trinajstić information content (AvgIpc) is 2.51. The van der Waals surface area contributed by atoms with Gasteiger partial charge in [0, 0.05) is 14.1 Å². The molecule has 1 heterocycles. The van der Waals surface area contributed by atoms with Gasteiger partial charge in [-0.3, -0.25) is 14.2 Å². The van der Waals surface area contributed by atoms with Crippen LogP contribution in [0.15, 0.2) is 31.4 Å². The summed E-state index contributed by atoms with van der Waals surface area (Å²) < 4.78 is 2.03. The van der Waals surface area contributed by atoms with Crippen LogP contribution in [0, 0.1) is 5.41 Å². The zero-order chi connectivity index (χ0) is 18.8. The Labute approximate surface area is 150 Å². The molecule has 0 saturated carbocycles.